The number of hydrogen-bond acceptors (Lipinski definition) is 1. The highest BCUT2D eigenvalue weighted by atomic mass is 16.1. The number of rotatable bonds is 1. The second-order valence-electron chi connectivity index (χ2n) is 4.11. The van der Waals surface area contributed by atoms with Crippen LogP contribution in [0.25, 0.3) is 5.70 Å². The van der Waals surface area contributed by atoms with Crippen LogP contribution in [0.2, 0.25) is 0 Å². The molecule has 0 unspecified atom stereocenters. The van der Waals surface area contributed by atoms with Crippen LogP contribution in [0.1, 0.15) is 30.5 Å². The van der Waals surface area contributed by atoms with Crippen LogP contribution in [0.4, 0.5) is 0 Å². The molecule has 0 radical (unpaired) electrons. The van der Waals surface area contributed by atoms with Gasteiger partial charge in [0.1, 0.15) is 0 Å². The lowest BCUT2D eigenvalue weighted by atomic mass is 10.0. The van der Waals surface area contributed by atoms with Crippen LogP contribution in [-0.4, -0.2) is 5.91 Å². The first kappa shape index (κ1) is 9.97. The predicted molar refractivity (Wildman–Crippen MR) is 61.3 cm³/mol. The molecule has 1 N–H and O–H groups in total. The number of benzene rings is 1. The van der Waals surface area contributed by atoms with Crippen molar-refractivity contribution in [3.63, 3.8) is 0 Å². The molecule has 15 heavy (non-hydrogen) atoms. The first-order valence-electron chi connectivity index (χ1n) is 5.16. The van der Waals surface area contributed by atoms with E-state index in [1.54, 1.807) is 6.92 Å². The first-order valence-corrected chi connectivity index (χ1v) is 5.16. The lowest BCUT2D eigenvalue weighted by Gasteiger charge is -2.08. The van der Waals surface area contributed by atoms with E-state index in [0.29, 0.717) is 0 Å². The smallest absolute Gasteiger partial charge is 0.221 e. The lowest BCUT2D eigenvalue weighted by Crippen LogP contribution is -2.18. The summed E-state index contributed by atoms with van der Waals surface area (Å²) in [4.78, 5) is 11.1. The zero-order valence-corrected chi connectivity index (χ0v) is 9.35. The molecule has 1 aliphatic carbocycles. The van der Waals surface area contributed by atoms with Gasteiger partial charge >= 0.3 is 0 Å². The molecule has 0 spiro atoms. The fourth-order valence-corrected chi connectivity index (χ4v) is 2.10. The van der Waals surface area contributed by atoms with Crippen LogP contribution in [0, 0.1) is 6.92 Å². The Bertz CT molecular complexity index is 458. The van der Waals surface area contributed by atoms with E-state index < -0.39 is 0 Å². The molecule has 78 valence electrons. The van der Waals surface area contributed by atoms with Gasteiger partial charge in [0.25, 0.3) is 0 Å². The number of hydrogen-bond donors (Lipinski definition) is 1. The van der Waals surface area contributed by atoms with E-state index in [1.165, 1.54) is 22.3 Å². The van der Waals surface area contributed by atoms with E-state index in [9.17, 15) is 4.79 Å². The second kappa shape index (κ2) is 3.54. The summed E-state index contributed by atoms with van der Waals surface area (Å²) < 4.78 is 0. The minimum Gasteiger partial charge on any atom is -0.326 e. The van der Waals surface area contributed by atoms with Crippen LogP contribution in [0.5, 0.6) is 0 Å². The van der Waals surface area contributed by atoms with Crippen LogP contribution in [-0.2, 0) is 11.2 Å². The van der Waals surface area contributed by atoms with Crippen molar-refractivity contribution in [1.29, 1.82) is 0 Å². The number of carbonyl (C=O) groups is 1. The number of aryl methyl sites for hydroxylation is 1. The minimum atomic E-state index is -0.00120. The van der Waals surface area contributed by atoms with Crippen LogP contribution < -0.4 is 5.32 Å². The highest BCUT2D eigenvalue weighted by molar-refractivity contribution is 5.88. The van der Waals surface area contributed by atoms with E-state index in [4.69, 9.17) is 0 Å². The molecule has 1 aromatic carbocycles. The molecule has 1 aromatic rings. The summed E-state index contributed by atoms with van der Waals surface area (Å²) in [5.74, 6) is -0.00120. The lowest BCUT2D eigenvalue weighted by molar-refractivity contribution is -0.117. The molecule has 0 saturated carbocycles. The van der Waals surface area contributed by atoms with Gasteiger partial charge < -0.3 is 5.32 Å². The molecule has 1 amide bonds. The highest BCUT2D eigenvalue weighted by Gasteiger charge is 2.20. The monoisotopic (exact) mass is 201 g/mol. The Balaban J connectivity index is 2.46. The van der Waals surface area contributed by atoms with Gasteiger partial charge in [0.05, 0.1) is 0 Å². The van der Waals surface area contributed by atoms with Gasteiger partial charge in [-0.2, -0.15) is 0 Å². The Hall–Kier alpha value is -1.57. The Labute approximate surface area is 90.0 Å². The summed E-state index contributed by atoms with van der Waals surface area (Å²) in [6.45, 7) is 5.74. The fourth-order valence-electron chi connectivity index (χ4n) is 2.10. The molecule has 0 fully saturated rings. The van der Waals surface area contributed by atoms with Crippen LogP contribution >= 0.6 is 0 Å². The van der Waals surface area contributed by atoms with Crippen molar-refractivity contribution in [3.8, 4) is 0 Å². The van der Waals surface area contributed by atoms with Gasteiger partial charge in [-0.3, -0.25) is 4.79 Å². The number of amides is 1. The third-order valence-electron chi connectivity index (χ3n) is 2.85. The van der Waals surface area contributed by atoms with Gasteiger partial charge in [-0.25, -0.2) is 0 Å². The normalized spacial score (nSPS) is 14.1. The molecule has 1 aliphatic rings. The van der Waals surface area contributed by atoms with Crippen molar-refractivity contribution in [3.05, 3.63) is 40.5 Å². The van der Waals surface area contributed by atoms with E-state index in [0.717, 1.165) is 12.1 Å². The molecule has 2 heteroatoms. The maximum absolute atomic E-state index is 11.1. The Morgan fingerprint density at radius 1 is 1.33 bits per heavy atom. The molecule has 0 heterocycles. The number of nitrogens with one attached hydrogen (secondary N) is 1. The molecule has 0 saturated heterocycles. The first-order chi connectivity index (χ1) is 7.09. The van der Waals surface area contributed by atoms with Crippen molar-refractivity contribution in [2.24, 2.45) is 0 Å². The van der Waals surface area contributed by atoms with Gasteiger partial charge in [0.2, 0.25) is 5.91 Å². The molecular weight excluding hydrogens is 186 g/mol. The summed E-state index contributed by atoms with van der Waals surface area (Å²) >= 11 is 0. The SMILES string of the molecule is CC(=O)NC1=C(C)Cc2c(C)cccc21. The predicted octanol–water partition coefficient (Wildman–Crippen LogP) is 2.42. The van der Waals surface area contributed by atoms with E-state index in [2.05, 4.69) is 31.3 Å². The third kappa shape index (κ3) is 1.67. The summed E-state index contributed by atoms with van der Waals surface area (Å²) in [6.07, 6.45) is 0.956. The zero-order chi connectivity index (χ0) is 11.0. The zero-order valence-electron chi connectivity index (χ0n) is 9.35. The molecule has 0 aliphatic heterocycles. The van der Waals surface area contributed by atoms with Gasteiger partial charge in [-0.1, -0.05) is 18.2 Å². The highest BCUT2D eigenvalue weighted by Crippen LogP contribution is 2.32. The van der Waals surface area contributed by atoms with Crippen LogP contribution in [0.3, 0.4) is 0 Å². The number of fused-ring (bicyclic) bond motifs is 1. The van der Waals surface area contributed by atoms with Crippen molar-refractivity contribution in [2.45, 2.75) is 27.2 Å². The topological polar surface area (TPSA) is 29.1 Å². The van der Waals surface area contributed by atoms with Crippen molar-refractivity contribution >= 4 is 11.6 Å². The Morgan fingerprint density at radius 2 is 2.07 bits per heavy atom. The Morgan fingerprint density at radius 3 is 2.73 bits per heavy atom. The number of allylic oxidation sites excluding steroid dienone is 1. The van der Waals surface area contributed by atoms with E-state index in [-0.39, 0.29) is 5.91 Å². The molecule has 0 atom stereocenters. The molecular formula is C13H15NO. The van der Waals surface area contributed by atoms with Crippen molar-refractivity contribution < 1.29 is 4.79 Å². The quantitative estimate of drug-likeness (QED) is 0.742. The largest absolute Gasteiger partial charge is 0.326 e. The fraction of sp³-hybridized carbons (Fsp3) is 0.308. The molecule has 2 rings (SSSR count). The van der Waals surface area contributed by atoms with Crippen molar-refractivity contribution in [2.75, 3.05) is 0 Å². The minimum absolute atomic E-state index is 0.00120. The maximum Gasteiger partial charge on any atom is 0.221 e. The average molecular weight is 201 g/mol. The summed E-state index contributed by atoms with van der Waals surface area (Å²) in [7, 11) is 0. The van der Waals surface area contributed by atoms with E-state index >= 15 is 0 Å². The molecule has 0 bridgehead atoms. The average Bonchev–Trinajstić information content (AvgIpc) is 2.45. The summed E-state index contributed by atoms with van der Waals surface area (Å²) in [5, 5.41) is 2.92. The van der Waals surface area contributed by atoms with E-state index in [1.807, 2.05) is 6.07 Å². The standard InChI is InChI=1S/C13H15NO/c1-8-5-4-6-11-12(8)7-9(2)13(11)14-10(3)15/h4-6H,7H2,1-3H3,(H,14,15). The molecule has 0 aromatic heterocycles. The summed E-state index contributed by atoms with van der Waals surface area (Å²) in [6, 6.07) is 6.22. The van der Waals surface area contributed by atoms with Gasteiger partial charge in [-0.15, -0.1) is 0 Å². The third-order valence-corrected chi connectivity index (χ3v) is 2.85. The van der Waals surface area contributed by atoms with Gasteiger partial charge in [-0.05, 0) is 37.0 Å². The van der Waals surface area contributed by atoms with Crippen molar-refractivity contribution in [1.82, 2.24) is 5.32 Å². The summed E-state index contributed by atoms with van der Waals surface area (Å²) in [5.41, 5.74) is 6.07. The number of carbonyl (C=O) groups excluding carboxylic acids is 1. The van der Waals surface area contributed by atoms with Gasteiger partial charge in [0.15, 0.2) is 0 Å². The Kier molecular flexibility index (Phi) is 2.35. The van der Waals surface area contributed by atoms with Gasteiger partial charge in [0, 0.05) is 18.2 Å². The molecule has 2 nitrogen and oxygen atoms in total. The second-order valence-corrected chi connectivity index (χ2v) is 4.11. The maximum atomic E-state index is 11.1. The van der Waals surface area contributed by atoms with Crippen LogP contribution in [0.15, 0.2) is 23.8 Å².